The molecule has 0 radical (unpaired) electrons. The number of nitrogens with one attached hydrogen (secondary N) is 1. The molecule has 6 nitrogen and oxygen atoms in total. The van der Waals surface area contributed by atoms with Crippen molar-refractivity contribution < 1.29 is 9.47 Å². The highest BCUT2D eigenvalue weighted by molar-refractivity contribution is 14.0. The summed E-state index contributed by atoms with van der Waals surface area (Å²) in [6.07, 6.45) is 2.39. The number of nitrogens with zero attached hydrogens (tertiary/aromatic N) is 3. The number of benzene rings is 1. The summed E-state index contributed by atoms with van der Waals surface area (Å²) in [4.78, 5) is 9.35. The van der Waals surface area contributed by atoms with Gasteiger partial charge in [-0.05, 0) is 24.5 Å². The quantitative estimate of drug-likeness (QED) is 0.404. The summed E-state index contributed by atoms with van der Waals surface area (Å²) in [7, 11) is 1.88. The molecule has 27 heavy (non-hydrogen) atoms. The second-order valence-corrected chi connectivity index (χ2v) is 7.60. The SMILES string of the molecule is CN=C(NCc1ccccc1N1CCOCC1)N1CCC2(CCOC2)C1.I. The molecule has 3 fully saturated rings. The first-order valence-electron chi connectivity index (χ1n) is 9.74. The van der Waals surface area contributed by atoms with Gasteiger partial charge in [0.1, 0.15) is 0 Å². The predicted molar refractivity (Wildman–Crippen MR) is 119 cm³/mol. The highest BCUT2D eigenvalue weighted by atomic mass is 127. The van der Waals surface area contributed by atoms with E-state index in [9.17, 15) is 0 Å². The Hall–Kier alpha value is -1.06. The number of ether oxygens (including phenoxy) is 2. The molecule has 0 aliphatic carbocycles. The number of rotatable bonds is 3. The van der Waals surface area contributed by atoms with Crippen LogP contribution in [0.4, 0.5) is 5.69 Å². The Morgan fingerprint density at radius 3 is 2.67 bits per heavy atom. The first-order valence-corrected chi connectivity index (χ1v) is 9.74. The molecule has 1 atom stereocenters. The third-order valence-electron chi connectivity index (χ3n) is 5.91. The summed E-state index contributed by atoms with van der Waals surface area (Å²) in [5.41, 5.74) is 2.97. The van der Waals surface area contributed by atoms with E-state index in [1.165, 1.54) is 24.1 Å². The zero-order valence-corrected chi connectivity index (χ0v) is 18.5. The van der Waals surface area contributed by atoms with Crippen LogP contribution in [0.25, 0.3) is 0 Å². The Bertz CT molecular complexity index is 643. The lowest BCUT2D eigenvalue weighted by Gasteiger charge is -2.31. The summed E-state index contributed by atoms with van der Waals surface area (Å²) >= 11 is 0. The first kappa shape index (κ1) is 20.7. The number of morpholine rings is 1. The second kappa shape index (κ2) is 9.43. The van der Waals surface area contributed by atoms with Gasteiger partial charge in [0.25, 0.3) is 0 Å². The smallest absolute Gasteiger partial charge is 0.193 e. The number of hydrogen-bond acceptors (Lipinski definition) is 4. The van der Waals surface area contributed by atoms with E-state index < -0.39 is 0 Å². The molecule has 7 heteroatoms. The van der Waals surface area contributed by atoms with Crippen LogP contribution in [-0.4, -0.2) is 70.5 Å². The van der Waals surface area contributed by atoms with Gasteiger partial charge in [-0.3, -0.25) is 4.99 Å². The summed E-state index contributed by atoms with van der Waals surface area (Å²) in [5, 5.41) is 3.59. The minimum absolute atomic E-state index is 0. The number of aliphatic imine (C=N–C) groups is 1. The van der Waals surface area contributed by atoms with E-state index >= 15 is 0 Å². The Kier molecular flexibility index (Phi) is 7.22. The molecule has 3 saturated heterocycles. The van der Waals surface area contributed by atoms with Gasteiger partial charge in [0, 0.05) is 57.5 Å². The third kappa shape index (κ3) is 4.68. The van der Waals surface area contributed by atoms with Crippen LogP contribution in [-0.2, 0) is 16.0 Å². The molecule has 1 spiro atoms. The normalized spacial score (nSPS) is 25.7. The molecule has 3 heterocycles. The molecule has 0 aromatic heterocycles. The van der Waals surface area contributed by atoms with Gasteiger partial charge in [-0.1, -0.05) is 18.2 Å². The summed E-state index contributed by atoms with van der Waals surface area (Å²) in [6.45, 7) is 8.25. The number of guanidine groups is 1. The van der Waals surface area contributed by atoms with Crippen molar-refractivity contribution in [3.05, 3.63) is 29.8 Å². The van der Waals surface area contributed by atoms with E-state index in [4.69, 9.17) is 9.47 Å². The number of likely N-dealkylation sites (tertiary alicyclic amines) is 1. The van der Waals surface area contributed by atoms with Crippen LogP contribution < -0.4 is 10.2 Å². The zero-order chi connectivity index (χ0) is 17.8. The monoisotopic (exact) mass is 486 g/mol. The lowest BCUT2D eigenvalue weighted by Crippen LogP contribution is -2.41. The molecule has 0 amide bonds. The average molecular weight is 486 g/mol. The standard InChI is InChI=1S/C20H30N4O2.HI/c1-21-19(24-8-6-20(15-24)7-11-26-16-20)22-14-17-4-2-3-5-18(17)23-9-12-25-13-10-23;/h2-5H,6-16H2,1H3,(H,21,22);1H. The van der Waals surface area contributed by atoms with E-state index in [1.54, 1.807) is 0 Å². The van der Waals surface area contributed by atoms with Gasteiger partial charge < -0.3 is 24.6 Å². The van der Waals surface area contributed by atoms with Gasteiger partial charge in [0.15, 0.2) is 5.96 Å². The number of hydrogen-bond donors (Lipinski definition) is 1. The molecular formula is C20H31IN4O2. The van der Waals surface area contributed by atoms with Crippen LogP contribution >= 0.6 is 24.0 Å². The average Bonchev–Trinajstić information content (AvgIpc) is 3.33. The predicted octanol–water partition coefficient (Wildman–Crippen LogP) is 2.33. The van der Waals surface area contributed by atoms with Crippen molar-refractivity contribution in [3.63, 3.8) is 0 Å². The van der Waals surface area contributed by atoms with Crippen LogP contribution in [0.15, 0.2) is 29.3 Å². The van der Waals surface area contributed by atoms with Crippen molar-refractivity contribution in [1.82, 2.24) is 10.2 Å². The molecule has 3 aliphatic heterocycles. The summed E-state index contributed by atoms with van der Waals surface area (Å²) < 4.78 is 11.2. The first-order chi connectivity index (χ1) is 12.8. The fourth-order valence-corrected chi connectivity index (χ4v) is 4.37. The van der Waals surface area contributed by atoms with Crippen molar-refractivity contribution in [1.29, 1.82) is 0 Å². The van der Waals surface area contributed by atoms with Crippen LogP contribution in [0.2, 0.25) is 0 Å². The Labute approximate surface area is 179 Å². The van der Waals surface area contributed by atoms with Crippen LogP contribution in [0.5, 0.6) is 0 Å². The van der Waals surface area contributed by atoms with Gasteiger partial charge in [-0.15, -0.1) is 24.0 Å². The Balaban J connectivity index is 0.00000210. The van der Waals surface area contributed by atoms with Crippen LogP contribution in [0.1, 0.15) is 18.4 Å². The van der Waals surface area contributed by atoms with E-state index in [-0.39, 0.29) is 24.0 Å². The fraction of sp³-hybridized carbons (Fsp3) is 0.650. The number of para-hydroxylation sites is 1. The molecule has 3 aliphatic rings. The molecule has 1 N–H and O–H groups in total. The molecule has 1 aromatic rings. The highest BCUT2D eigenvalue weighted by Gasteiger charge is 2.42. The van der Waals surface area contributed by atoms with Gasteiger partial charge in [0.2, 0.25) is 0 Å². The van der Waals surface area contributed by atoms with E-state index in [1.807, 2.05) is 7.05 Å². The maximum Gasteiger partial charge on any atom is 0.193 e. The molecule has 150 valence electrons. The van der Waals surface area contributed by atoms with Gasteiger partial charge >= 0.3 is 0 Å². The van der Waals surface area contributed by atoms with Crippen LogP contribution in [0, 0.1) is 5.41 Å². The topological polar surface area (TPSA) is 49.3 Å². The third-order valence-corrected chi connectivity index (χ3v) is 5.91. The maximum atomic E-state index is 5.65. The summed E-state index contributed by atoms with van der Waals surface area (Å²) in [5.74, 6) is 1.01. The zero-order valence-electron chi connectivity index (χ0n) is 16.2. The Morgan fingerprint density at radius 2 is 1.93 bits per heavy atom. The minimum Gasteiger partial charge on any atom is -0.381 e. The van der Waals surface area contributed by atoms with E-state index in [2.05, 4.69) is 44.4 Å². The van der Waals surface area contributed by atoms with Crippen molar-refractivity contribution >= 4 is 35.6 Å². The molecule has 1 unspecified atom stereocenters. The van der Waals surface area contributed by atoms with Crippen molar-refractivity contribution in [2.75, 3.05) is 64.6 Å². The van der Waals surface area contributed by atoms with Gasteiger partial charge in [-0.25, -0.2) is 0 Å². The van der Waals surface area contributed by atoms with Crippen molar-refractivity contribution in [2.24, 2.45) is 10.4 Å². The lowest BCUT2D eigenvalue weighted by atomic mass is 9.87. The number of halogens is 1. The molecule has 1 aromatic carbocycles. The van der Waals surface area contributed by atoms with Crippen LogP contribution in [0.3, 0.4) is 0 Å². The Morgan fingerprint density at radius 1 is 1.11 bits per heavy atom. The summed E-state index contributed by atoms with van der Waals surface area (Å²) in [6, 6.07) is 8.66. The number of anilines is 1. The molecule has 0 saturated carbocycles. The highest BCUT2D eigenvalue weighted by Crippen LogP contribution is 2.38. The fourth-order valence-electron chi connectivity index (χ4n) is 4.37. The van der Waals surface area contributed by atoms with E-state index in [0.717, 1.165) is 65.1 Å². The second-order valence-electron chi connectivity index (χ2n) is 7.60. The molecule has 0 bridgehead atoms. The molecular weight excluding hydrogens is 455 g/mol. The van der Waals surface area contributed by atoms with Gasteiger partial charge in [0.05, 0.1) is 19.8 Å². The van der Waals surface area contributed by atoms with Crippen molar-refractivity contribution in [3.8, 4) is 0 Å². The largest absolute Gasteiger partial charge is 0.381 e. The maximum absolute atomic E-state index is 5.65. The minimum atomic E-state index is 0. The van der Waals surface area contributed by atoms with E-state index in [0.29, 0.717) is 5.41 Å². The molecule has 4 rings (SSSR count). The van der Waals surface area contributed by atoms with Gasteiger partial charge in [-0.2, -0.15) is 0 Å². The lowest BCUT2D eigenvalue weighted by molar-refractivity contribution is 0.122. The van der Waals surface area contributed by atoms with Crippen molar-refractivity contribution in [2.45, 2.75) is 19.4 Å².